The number of ether oxygens (including phenoxy) is 2. The fourth-order valence-corrected chi connectivity index (χ4v) is 3.60. The maximum Gasteiger partial charge on any atom is 0.240 e. The number of halogens is 2. The van der Waals surface area contributed by atoms with E-state index in [0.29, 0.717) is 37.6 Å². The molecule has 34 heavy (non-hydrogen) atoms. The van der Waals surface area contributed by atoms with Crippen LogP contribution in [0.4, 0.5) is 0 Å². The standard InChI is InChI=1S/C24H28Br2N4O4/c1-3-33-21-11-9-19(25)13-17(21)15-27-29-23(31)7-5-6-8-24(32)30-28-16-18-14-20(26)10-12-22(18)34-4-2/h9-16H,3-8H2,1-2H3,(H,29,31)(H,30,32). The first-order valence-electron chi connectivity index (χ1n) is 10.9. The van der Waals surface area contributed by atoms with E-state index in [-0.39, 0.29) is 24.7 Å². The van der Waals surface area contributed by atoms with Crippen molar-refractivity contribution < 1.29 is 19.1 Å². The summed E-state index contributed by atoms with van der Waals surface area (Å²) >= 11 is 6.82. The second-order valence-corrected chi connectivity index (χ2v) is 8.86. The molecule has 0 saturated heterocycles. The number of hydrazone groups is 2. The molecule has 0 atom stereocenters. The highest BCUT2D eigenvalue weighted by Gasteiger charge is 2.06. The molecule has 8 nitrogen and oxygen atoms in total. The first kappa shape index (κ1) is 27.5. The Morgan fingerprint density at radius 1 is 0.794 bits per heavy atom. The molecule has 10 heteroatoms. The molecule has 0 radical (unpaired) electrons. The van der Waals surface area contributed by atoms with Crippen LogP contribution in [0.25, 0.3) is 0 Å². The highest BCUT2D eigenvalue weighted by atomic mass is 79.9. The fourth-order valence-electron chi connectivity index (χ4n) is 2.84. The van der Waals surface area contributed by atoms with Crippen molar-refractivity contribution in [3.63, 3.8) is 0 Å². The molecule has 182 valence electrons. The lowest BCUT2D eigenvalue weighted by atomic mass is 10.2. The number of carbonyl (C=O) groups is 2. The third kappa shape index (κ3) is 10.0. The van der Waals surface area contributed by atoms with Crippen LogP contribution < -0.4 is 20.3 Å². The zero-order valence-electron chi connectivity index (χ0n) is 19.1. The molecular weight excluding hydrogens is 568 g/mol. The zero-order valence-corrected chi connectivity index (χ0v) is 22.3. The molecule has 0 saturated carbocycles. The van der Waals surface area contributed by atoms with Gasteiger partial charge in [-0.15, -0.1) is 0 Å². The maximum atomic E-state index is 12.0. The maximum absolute atomic E-state index is 12.0. The van der Waals surface area contributed by atoms with Crippen LogP contribution in [-0.2, 0) is 9.59 Å². The quantitative estimate of drug-likeness (QED) is 0.189. The molecule has 0 spiro atoms. The van der Waals surface area contributed by atoms with Crippen LogP contribution in [0.3, 0.4) is 0 Å². The third-order valence-electron chi connectivity index (χ3n) is 4.39. The molecule has 0 aromatic heterocycles. The summed E-state index contributed by atoms with van der Waals surface area (Å²) in [6.07, 6.45) is 4.73. The van der Waals surface area contributed by atoms with Gasteiger partial charge in [-0.1, -0.05) is 31.9 Å². The Balaban J connectivity index is 1.70. The molecular formula is C24H28Br2N4O4. The zero-order chi connectivity index (χ0) is 24.8. The van der Waals surface area contributed by atoms with Gasteiger partial charge in [0.15, 0.2) is 0 Å². The van der Waals surface area contributed by atoms with Gasteiger partial charge in [0.1, 0.15) is 11.5 Å². The third-order valence-corrected chi connectivity index (χ3v) is 5.37. The summed E-state index contributed by atoms with van der Waals surface area (Å²) < 4.78 is 12.9. The van der Waals surface area contributed by atoms with Crippen molar-refractivity contribution in [2.45, 2.75) is 39.5 Å². The summed E-state index contributed by atoms with van der Waals surface area (Å²) in [5.74, 6) is 0.930. The largest absolute Gasteiger partial charge is 0.493 e. The average molecular weight is 596 g/mol. The Kier molecular flexibility index (Phi) is 12.3. The second kappa shape index (κ2) is 15.2. The van der Waals surface area contributed by atoms with Gasteiger partial charge in [-0.25, -0.2) is 10.9 Å². The Hall–Kier alpha value is -2.72. The van der Waals surface area contributed by atoms with E-state index in [1.807, 2.05) is 50.2 Å². The fraction of sp³-hybridized carbons (Fsp3) is 0.333. The molecule has 0 aliphatic rings. The Bertz CT molecular complexity index is 947. The Labute approximate surface area is 216 Å². The van der Waals surface area contributed by atoms with Gasteiger partial charge in [0.25, 0.3) is 0 Å². The number of unbranched alkanes of at least 4 members (excludes halogenated alkanes) is 1. The summed E-state index contributed by atoms with van der Waals surface area (Å²) in [5.41, 5.74) is 6.51. The Morgan fingerprint density at radius 2 is 1.21 bits per heavy atom. The number of nitrogens with zero attached hydrogens (tertiary/aromatic N) is 2. The normalized spacial score (nSPS) is 11.1. The van der Waals surface area contributed by atoms with Crippen LogP contribution in [0.2, 0.25) is 0 Å². The summed E-state index contributed by atoms with van der Waals surface area (Å²) in [6, 6.07) is 11.1. The number of carbonyl (C=O) groups excluding carboxylic acids is 2. The van der Waals surface area contributed by atoms with Crippen LogP contribution in [0, 0.1) is 0 Å². The van der Waals surface area contributed by atoms with Crippen LogP contribution >= 0.6 is 31.9 Å². The van der Waals surface area contributed by atoms with E-state index in [4.69, 9.17) is 9.47 Å². The van der Waals surface area contributed by atoms with Gasteiger partial charge in [0.05, 0.1) is 25.6 Å². The molecule has 0 heterocycles. The van der Waals surface area contributed by atoms with E-state index in [1.165, 1.54) is 0 Å². The molecule has 2 N–H and O–H groups in total. The van der Waals surface area contributed by atoms with E-state index < -0.39 is 0 Å². The topological polar surface area (TPSA) is 101 Å². The van der Waals surface area contributed by atoms with Crippen molar-refractivity contribution in [2.75, 3.05) is 13.2 Å². The first-order chi connectivity index (χ1) is 16.4. The number of nitrogens with one attached hydrogen (secondary N) is 2. The van der Waals surface area contributed by atoms with Gasteiger partial charge in [-0.3, -0.25) is 9.59 Å². The second-order valence-electron chi connectivity index (χ2n) is 7.02. The molecule has 0 bridgehead atoms. The van der Waals surface area contributed by atoms with Gasteiger partial charge >= 0.3 is 0 Å². The van der Waals surface area contributed by atoms with E-state index in [0.717, 1.165) is 20.1 Å². The van der Waals surface area contributed by atoms with Gasteiger partial charge in [-0.2, -0.15) is 10.2 Å². The molecule has 0 aliphatic carbocycles. The summed E-state index contributed by atoms with van der Waals surface area (Å²) in [5, 5.41) is 8.00. The number of rotatable bonds is 13. The van der Waals surface area contributed by atoms with Crippen LogP contribution in [0.1, 0.15) is 50.7 Å². The average Bonchev–Trinajstić information content (AvgIpc) is 2.80. The van der Waals surface area contributed by atoms with Gasteiger partial charge < -0.3 is 9.47 Å². The van der Waals surface area contributed by atoms with Crippen LogP contribution in [0.5, 0.6) is 11.5 Å². The molecule has 2 amide bonds. The first-order valence-corrected chi connectivity index (χ1v) is 12.5. The Morgan fingerprint density at radius 3 is 1.59 bits per heavy atom. The number of benzene rings is 2. The number of amides is 2. The molecule has 0 aliphatic heterocycles. The molecule has 2 aromatic rings. The SMILES string of the molecule is CCOc1ccc(Br)cc1C=NNC(=O)CCCCC(=O)NN=Cc1cc(Br)ccc1OCC. The molecule has 2 aromatic carbocycles. The summed E-state index contributed by atoms with van der Waals surface area (Å²) in [6.45, 7) is 4.87. The smallest absolute Gasteiger partial charge is 0.240 e. The van der Waals surface area contributed by atoms with Crippen molar-refractivity contribution >= 4 is 56.1 Å². The predicted molar refractivity (Wildman–Crippen MR) is 141 cm³/mol. The van der Waals surface area contributed by atoms with Gasteiger partial charge in [0, 0.05) is 32.9 Å². The predicted octanol–water partition coefficient (Wildman–Crippen LogP) is 5.17. The lowest BCUT2D eigenvalue weighted by Crippen LogP contribution is -2.19. The van der Waals surface area contributed by atoms with E-state index in [9.17, 15) is 9.59 Å². The van der Waals surface area contributed by atoms with Gasteiger partial charge in [-0.05, 0) is 63.1 Å². The molecule has 0 fully saturated rings. The number of hydrogen-bond donors (Lipinski definition) is 2. The minimum atomic E-state index is -0.222. The lowest BCUT2D eigenvalue weighted by Gasteiger charge is -2.07. The van der Waals surface area contributed by atoms with Crippen molar-refractivity contribution in [3.05, 3.63) is 56.5 Å². The highest BCUT2D eigenvalue weighted by molar-refractivity contribution is 9.10. The molecule has 2 rings (SSSR count). The van der Waals surface area contributed by atoms with Crippen LogP contribution in [-0.4, -0.2) is 37.5 Å². The van der Waals surface area contributed by atoms with Crippen molar-refractivity contribution in [3.8, 4) is 11.5 Å². The summed E-state index contributed by atoms with van der Waals surface area (Å²) in [7, 11) is 0. The molecule has 0 unspecified atom stereocenters. The van der Waals surface area contributed by atoms with Crippen LogP contribution in [0.15, 0.2) is 55.5 Å². The summed E-state index contributed by atoms with van der Waals surface area (Å²) in [4.78, 5) is 24.0. The van der Waals surface area contributed by atoms with E-state index >= 15 is 0 Å². The minimum absolute atomic E-state index is 0.222. The lowest BCUT2D eigenvalue weighted by molar-refractivity contribution is -0.123. The van der Waals surface area contributed by atoms with E-state index in [1.54, 1.807) is 12.4 Å². The van der Waals surface area contributed by atoms with Crippen molar-refractivity contribution in [2.24, 2.45) is 10.2 Å². The minimum Gasteiger partial charge on any atom is -0.493 e. The highest BCUT2D eigenvalue weighted by Crippen LogP contribution is 2.22. The van der Waals surface area contributed by atoms with E-state index in [2.05, 4.69) is 52.9 Å². The van der Waals surface area contributed by atoms with Crippen molar-refractivity contribution in [1.29, 1.82) is 0 Å². The van der Waals surface area contributed by atoms with Gasteiger partial charge in [0.2, 0.25) is 11.8 Å². The monoisotopic (exact) mass is 594 g/mol. The van der Waals surface area contributed by atoms with Crippen molar-refractivity contribution in [1.82, 2.24) is 10.9 Å². The number of hydrogen-bond acceptors (Lipinski definition) is 6.